The van der Waals surface area contributed by atoms with Gasteiger partial charge in [0.25, 0.3) is 0 Å². The Kier molecular flexibility index (Phi) is 4.22. The number of ether oxygens (including phenoxy) is 2. The lowest BCUT2D eigenvalue weighted by molar-refractivity contribution is 0.0329. The van der Waals surface area contributed by atoms with Crippen molar-refractivity contribution < 1.29 is 14.3 Å². The first kappa shape index (κ1) is 15.1. The lowest BCUT2D eigenvalue weighted by atomic mass is 9.89. The summed E-state index contributed by atoms with van der Waals surface area (Å²) in [6, 6.07) is 9.05. The van der Waals surface area contributed by atoms with Crippen molar-refractivity contribution in [2.75, 3.05) is 0 Å². The fraction of sp³-hybridized carbons (Fsp3) is 0.526. The van der Waals surface area contributed by atoms with Crippen molar-refractivity contribution >= 4 is 5.97 Å². The Morgan fingerprint density at radius 2 is 2.09 bits per heavy atom. The minimum atomic E-state index is -0.395. The SMILES string of the molecule is CC(C)C(C#CC12CCCCC1O2)OC(=O)c1ccccc1. The van der Waals surface area contributed by atoms with Gasteiger partial charge in [-0.2, -0.15) is 0 Å². The minimum absolute atomic E-state index is 0.150. The fourth-order valence-corrected chi connectivity index (χ4v) is 2.90. The molecule has 1 heterocycles. The predicted octanol–water partition coefficient (Wildman–Crippen LogP) is 3.58. The highest BCUT2D eigenvalue weighted by Gasteiger charge is 2.56. The van der Waals surface area contributed by atoms with E-state index in [-0.39, 0.29) is 17.5 Å². The molecule has 0 amide bonds. The normalized spacial score (nSPS) is 27.3. The van der Waals surface area contributed by atoms with Crippen LogP contribution in [0.2, 0.25) is 0 Å². The van der Waals surface area contributed by atoms with Gasteiger partial charge in [0.05, 0.1) is 11.7 Å². The van der Waals surface area contributed by atoms with Crippen LogP contribution in [0.15, 0.2) is 30.3 Å². The number of hydrogen-bond donors (Lipinski definition) is 0. The van der Waals surface area contributed by atoms with Crippen LogP contribution in [0, 0.1) is 17.8 Å². The fourth-order valence-electron chi connectivity index (χ4n) is 2.90. The van der Waals surface area contributed by atoms with E-state index >= 15 is 0 Å². The summed E-state index contributed by atoms with van der Waals surface area (Å²) in [7, 11) is 0. The maximum atomic E-state index is 12.2. The molecule has 2 fully saturated rings. The molecule has 1 saturated heterocycles. The van der Waals surface area contributed by atoms with E-state index in [9.17, 15) is 4.79 Å². The van der Waals surface area contributed by atoms with Crippen LogP contribution in [0.5, 0.6) is 0 Å². The van der Waals surface area contributed by atoms with Gasteiger partial charge in [0, 0.05) is 5.92 Å². The quantitative estimate of drug-likeness (QED) is 0.486. The summed E-state index contributed by atoms with van der Waals surface area (Å²) in [6.07, 6.45) is 4.40. The van der Waals surface area contributed by atoms with Gasteiger partial charge in [0.1, 0.15) is 0 Å². The number of rotatable bonds is 3. The number of carbonyl (C=O) groups is 1. The Hall–Kier alpha value is -1.79. The summed E-state index contributed by atoms with van der Waals surface area (Å²) in [5.41, 5.74) is 0.316. The van der Waals surface area contributed by atoms with Gasteiger partial charge >= 0.3 is 5.97 Å². The Morgan fingerprint density at radius 1 is 1.32 bits per heavy atom. The van der Waals surface area contributed by atoms with E-state index in [4.69, 9.17) is 9.47 Å². The first-order chi connectivity index (χ1) is 10.6. The maximum Gasteiger partial charge on any atom is 0.339 e. The molecule has 116 valence electrons. The summed E-state index contributed by atoms with van der Waals surface area (Å²) < 4.78 is 11.4. The number of epoxide rings is 1. The second-order valence-corrected chi connectivity index (χ2v) is 6.45. The molecule has 3 unspecified atom stereocenters. The van der Waals surface area contributed by atoms with Crippen LogP contribution < -0.4 is 0 Å². The van der Waals surface area contributed by atoms with E-state index in [1.807, 2.05) is 32.0 Å². The van der Waals surface area contributed by atoms with Crippen LogP contribution in [0.3, 0.4) is 0 Å². The van der Waals surface area contributed by atoms with Crippen molar-refractivity contribution in [2.45, 2.75) is 57.3 Å². The smallest absolute Gasteiger partial charge is 0.339 e. The van der Waals surface area contributed by atoms with Gasteiger partial charge in [0.15, 0.2) is 11.7 Å². The first-order valence-corrected chi connectivity index (χ1v) is 8.07. The topological polar surface area (TPSA) is 38.8 Å². The van der Waals surface area contributed by atoms with Crippen LogP contribution >= 0.6 is 0 Å². The highest BCUT2D eigenvalue weighted by atomic mass is 16.6. The van der Waals surface area contributed by atoms with Crippen LogP contribution in [0.1, 0.15) is 49.9 Å². The second-order valence-electron chi connectivity index (χ2n) is 6.45. The minimum Gasteiger partial charge on any atom is -0.445 e. The molecule has 0 radical (unpaired) electrons. The van der Waals surface area contributed by atoms with Crippen LogP contribution in [0.4, 0.5) is 0 Å². The van der Waals surface area contributed by atoms with Crippen molar-refractivity contribution in [2.24, 2.45) is 5.92 Å². The molecule has 0 bridgehead atoms. The predicted molar refractivity (Wildman–Crippen MR) is 84.3 cm³/mol. The second kappa shape index (κ2) is 6.14. The molecule has 3 rings (SSSR count). The molecule has 0 N–H and O–H groups in total. The summed E-state index contributed by atoms with van der Waals surface area (Å²) >= 11 is 0. The molecular formula is C19H22O3. The lowest BCUT2D eigenvalue weighted by Crippen LogP contribution is -2.24. The zero-order chi connectivity index (χ0) is 15.6. The highest BCUT2D eigenvalue weighted by Crippen LogP contribution is 2.47. The van der Waals surface area contributed by atoms with Gasteiger partial charge in [-0.15, -0.1) is 0 Å². The third-order valence-corrected chi connectivity index (χ3v) is 4.35. The van der Waals surface area contributed by atoms with E-state index in [2.05, 4.69) is 11.8 Å². The molecule has 1 aromatic rings. The van der Waals surface area contributed by atoms with Crippen molar-refractivity contribution in [1.82, 2.24) is 0 Å². The Labute approximate surface area is 132 Å². The lowest BCUT2D eigenvalue weighted by Gasteiger charge is -2.17. The average Bonchev–Trinajstić information content (AvgIpc) is 3.26. The Bertz CT molecular complexity index is 596. The van der Waals surface area contributed by atoms with Crippen molar-refractivity contribution in [3.63, 3.8) is 0 Å². The molecule has 1 aliphatic carbocycles. The zero-order valence-electron chi connectivity index (χ0n) is 13.2. The van der Waals surface area contributed by atoms with Gasteiger partial charge in [-0.1, -0.05) is 50.3 Å². The monoisotopic (exact) mass is 298 g/mol. The molecule has 1 aromatic carbocycles. The van der Waals surface area contributed by atoms with E-state index in [0.717, 1.165) is 12.8 Å². The molecule has 2 aliphatic rings. The zero-order valence-corrected chi connectivity index (χ0v) is 13.2. The summed E-state index contributed by atoms with van der Waals surface area (Å²) in [5.74, 6) is 6.25. The van der Waals surface area contributed by atoms with E-state index in [1.54, 1.807) is 12.1 Å². The molecule has 0 aromatic heterocycles. The van der Waals surface area contributed by atoms with Crippen molar-refractivity contribution in [3.05, 3.63) is 35.9 Å². The largest absolute Gasteiger partial charge is 0.445 e. The molecule has 3 atom stereocenters. The van der Waals surface area contributed by atoms with E-state index in [0.29, 0.717) is 11.7 Å². The molecule has 0 spiro atoms. The molecule has 22 heavy (non-hydrogen) atoms. The Morgan fingerprint density at radius 3 is 2.77 bits per heavy atom. The number of carbonyl (C=O) groups excluding carboxylic acids is 1. The average molecular weight is 298 g/mol. The number of hydrogen-bond acceptors (Lipinski definition) is 3. The summed E-state index contributed by atoms with van der Waals surface area (Å²) in [6.45, 7) is 4.03. The van der Waals surface area contributed by atoms with Crippen LogP contribution in [-0.2, 0) is 9.47 Å². The van der Waals surface area contributed by atoms with E-state index < -0.39 is 6.10 Å². The number of benzene rings is 1. The molecule has 1 aliphatic heterocycles. The van der Waals surface area contributed by atoms with Crippen LogP contribution in [0.25, 0.3) is 0 Å². The van der Waals surface area contributed by atoms with Crippen molar-refractivity contribution in [3.8, 4) is 11.8 Å². The molecule has 3 nitrogen and oxygen atoms in total. The summed E-state index contributed by atoms with van der Waals surface area (Å²) in [4.78, 5) is 12.2. The number of esters is 1. The first-order valence-electron chi connectivity index (χ1n) is 8.07. The Balaban J connectivity index is 1.68. The standard InChI is InChI=1S/C19H22O3/c1-14(2)16(21-18(20)15-8-4-3-5-9-15)11-13-19-12-7-6-10-17(19)22-19/h3-5,8-9,14,16-17H,6-7,10,12H2,1-2H3. The third-order valence-electron chi connectivity index (χ3n) is 4.35. The van der Waals surface area contributed by atoms with E-state index in [1.165, 1.54) is 12.8 Å². The van der Waals surface area contributed by atoms with Gasteiger partial charge in [0.2, 0.25) is 0 Å². The summed E-state index contributed by atoms with van der Waals surface area (Å²) in [5, 5.41) is 0. The maximum absolute atomic E-state index is 12.2. The van der Waals surface area contributed by atoms with Gasteiger partial charge in [-0.25, -0.2) is 4.79 Å². The molecule has 1 saturated carbocycles. The third kappa shape index (κ3) is 3.18. The molecular weight excluding hydrogens is 276 g/mol. The van der Waals surface area contributed by atoms with Crippen molar-refractivity contribution in [1.29, 1.82) is 0 Å². The van der Waals surface area contributed by atoms with Crippen LogP contribution in [-0.4, -0.2) is 23.8 Å². The number of fused-ring (bicyclic) bond motifs is 1. The highest BCUT2D eigenvalue weighted by molar-refractivity contribution is 5.89. The van der Waals surface area contributed by atoms with Gasteiger partial charge in [-0.05, 0) is 31.4 Å². The molecule has 3 heteroatoms. The van der Waals surface area contributed by atoms with Gasteiger partial charge in [-0.3, -0.25) is 0 Å². The van der Waals surface area contributed by atoms with Gasteiger partial charge < -0.3 is 9.47 Å².